The van der Waals surface area contributed by atoms with E-state index in [4.69, 9.17) is 5.73 Å². The number of nitrogen functional groups attached to an aromatic ring is 1. The molecule has 0 spiro atoms. The van der Waals surface area contributed by atoms with E-state index >= 15 is 0 Å². The zero-order valence-electron chi connectivity index (χ0n) is 11.5. The highest BCUT2D eigenvalue weighted by Gasteiger charge is 2.13. The fourth-order valence-corrected chi connectivity index (χ4v) is 2.85. The molecule has 0 bridgehead atoms. The number of hydrogen-bond acceptors (Lipinski definition) is 2. The van der Waals surface area contributed by atoms with Gasteiger partial charge in [0.15, 0.2) is 0 Å². The van der Waals surface area contributed by atoms with Crippen molar-refractivity contribution >= 4 is 11.6 Å². The van der Waals surface area contributed by atoms with Crippen LogP contribution in [0.15, 0.2) is 24.3 Å². The van der Waals surface area contributed by atoms with Crippen molar-refractivity contribution in [3.8, 4) is 0 Å². The Balaban J connectivity index is 1.66. The van der Waals surface area contributed by atoms with E-state index in [2.05, 4.69) is 5.32 Å². The number of nitrogens with two attached hydrogens (primary N) is 1. The van der Waals surface area contributed by atoms with Crippen LogP contribution in [0.25, 0.3) is 0 Å². The Bertz CT molecular complexity index is 411. The second kappa shape index (κ2) is 7.17. The van der Waals surface area contributed by atoms with Gasteiger partial charge in [0.25, 0.3) is 5.91 Å². The SMILES string of the molecule is Nc1cccc(C(=O)NCCCC2CCCCC2)c1. The van der Waals surface area contributed by atoms with Crippen LogP contribution in [0.3, 0.4) is 0 Å². The second-order valence-corrected chi connectivity index (χ2v) is 5.53. The minimum absolute atomic E-state index is 0.0176. The summed E-state index contributed by atoms with van der Waals surface area (Å²) in [6.45, 7) is 0.768. The zero-order valence-corrected chi connectivity index (χ0v) is 11.5. The summed E-state index contributed by atoms with van der Waals surface area (Å²) in [7, 11) is 0. The number of hydrogen-bond donors (Lipinski definition) is 2. The minimum atomic E-state index is -0.0176. The molecule has 1 aliphatic rings. The van der Waals surface area contributed by atoms with Gasteiger partial charge in [0.05, 0.1) is 0 Å². The number of nitrogens with one attached hydrogen (secondary N) is 1. The first kappa shape index (κ1) is 13.9. The third-order valence-corrected chi connectivity index (χ3v) is 3.95. The standard InChI is InChI=1S/C16H24N2O/c17-15-10-4-9-14(12-15)16(19)18-11-5-8-13-6-2-1-3-7-13/h4,9-10,12-13H,1-3,5-8,11,17H2,(H,18,19). The Kier molecular flexibility index (Phi) is 5.25. The van der Waals surface area contributed by atoms with Crippen LogP contribution in [0.1, 0.15) is 55.3 Å². The summed E-state index contributed by atoms with van der Waals surface area (Å²) in [4.78, 5) is 11.9. The first-order valence-corrected chi connectivity index (χ1v) is 7.39. The average molecular weight is 260 g/mol. The Hall–Kier alpha value is -1.51. The van der Waals surface area contributed by atoms with Crippen molar-refractivity contribution in [2.75, 3.05) is 12.3 Å². The maximum atomic E-state index is 11.9. The Morgan fingerprint density at radius 1 is 1.26 bits per heavy atom. The molecule has 0 aliphatic heterocycles. The monoisotopic (exact) mass is 260 g/mol. The van der Waals surface area contributed by atoms with Gasteiger partial charge < -0.3 is 11.1 Å². The maximum Gasteiger partial charge on any atom is 0.251 e. The molecule has 0 aromatic heterocycles. The summed E-state index contributed by atoms with van der Waals surface area (Å²) in [5, 5.41) is 2.97. The molecule has 0 saturated heterocycles. The van der Waals surface area contributed by atoms with Gasteiger partial charge >= 0.3 is 0 Å². The van der Waals surface area contributed by atoms with Crippen LogP contribution in [0.5, 0.6) is 0 Å². The highest BCUT2D eigenvalue weighted by Crippen LogP contribution is 2.26. The number of benzene rings is 1. The van der Waals surface area contributed by atoms with Crippen LogP contribution in [0.2, 0.25) is 0 Å². The quantitative estimate of drug-likeness (QED) is 0.630. The van der Waals surface area contributed by atoms with Gasteiger partial charge in [-0.25, -0.2) is 0 Å². The highest BCUT2D eigenvalue weighted by atomic mass is 16.1. The van der Waals surface area contributed by atoms with Crippen molar-refractivity contribution in [3.05, 3.63) is 29.8 Å². The molecule has 19 heavy (non-hydrogen) atoms. The molecule has 1 amide bonds. The van der Waals surface area contributed by atoms with E-state index in [1.54, 1.807) is 18.2 Å². The molecular weight excluding hydrogens is 236 g/mol. The van der Waals surface area contributed by atoms with E-state index in [0.29, 0.717) is 11.3 Å². The molecule has 3 heteroatoms. The molecule has 2 rings (SSSR count). The molecule has 0 atom stereocenters. The van der Waals surface area contributed by atoms with E-state index in [1.807, 2.05) is 6.07 Å². The summed E-state index contributed by atoms with van der Waals surface area (Å²) < 4.78 is 0. The molecule has 0 heterocycles. The van der Waals surface area contributed by atoms with Crippen molar-refractivity contribution in [1.82, 2.24) is 5.32 Å². The molecule has 1 saturated carbocycles. The molecule has 1 aromatic rings. The molecule has 104 valence electrons. The summed E-state index contributed by atoms with van der Waals surface area (Å²) >= 11 is 0. The van der Waals surface area contributed by atoms with Gasteiger partial charge in [-0.3, -0.25) is 4.79 Å². The molecular formula is C16H24N2O. The molecule has 0 unspecified atom stereocenters. The summed E-state index contributed by atoms with van der Waals surface area (Å²) in [6.07, 6.45) is 9.27. The highest BCUT2D eigenvalue weighted by molar-refractivity contribution is 5.94. The topological polar surface area (TPSA) is 55.1 Å². The van der Waals surface area contributed by atoms with E-state index in [1.165, 1.54) is 38.5 Å². The number of carbonyl (C=O) groups is 1. The fourth-order valence-electron chi connectivity index (χ4n) is 2.85. The van der Waals surface area contributed by atoms with Crippen LogP contribution in [-0.4, -0.2) is 12.5 Å². The lowest BCUT2D eigenvalue weighted by atomic mass is 9.86. The van der Waals surface area contributed by atoms with Crippen molar-refractivity contribution in [2.45, 2.75) is 44.9 Å². The van der Waals surface area contributed by atoms with Crippen LogP contribution < -0.4 is 11.1 Å². The fraction of sp³-hybridized carbons (Fsp3) is 0.562. The largest absolute Gasteiger partial charge is 0.399 e. The summed E-state index contributed by atoms with van der Waals surface area (Å²) in [5.41, 5.74) is 6.95. The molecule has 3 N–H and O–H groups in total. The van der Waals surface area contributed by atoms with Gasteiger partial charge in [-0.15, -0.1) is 0 Å². The van der Waals surface area contributed by atoms with E-state index < -0.39 is 0 Å². The maximum absolute atomic E-state index is 11.9. The van der Waals surface area contributed by atoms with Crippen molar-refractivity contribution in [2.24, 2.45) is 5.92 Å². The van der Waals surface area contributed by atoms with Crippen molar-refractivity contribution in [3.63, 3.8) is 0 Å². The lowest BCUT2D eigenvalue weighted by Gasteiger charge is -2.21. The lowest BCUT2D eigenvalue weighted by Crippen LogP contribution is -2.25. The number of rotatable bonds is 5. The van der Waals surface area contributed by atoms with E-state index in [9.17, 15) is 4.79 Å². The van der Waals surface area contributed by atoms with Gasteiger partial charge in [-0.2, -0.15) is 0 Å². The van der Waals surface area contributed by atoms with E-state index in [0.717, 1.165) is 18.9 Å². The van der Waals surface area contributed by atoms with Crippen LogP contribution in [0, 0.1) is 5.92 Å². The third kappa shape index (κ3) is 4.58. The smallest absolute Gasteiger partial charge is 0.251 e. The zero-order chi connectivity index (χ0) is 13.5. The molecule has 1 aromatic carbocycles. The predicted octanol–water partition coefficient (Wildman–Crippen LogP) is 3.36. The van der Waals surface area contributed by atoms with Crippen LogP contribution in [-0.2, 0) is 0 Å². The Labute approximate surface area is 115 Å². The van der Waals surface area contributed by atoms with Crippen molar-refractivity contribution < 1.29 is 4.79 Å². The Morgan fingerprint density at radius 3 is 2.79 bits per heavy atom. The van der Waals surface area contributed by atoms with Crippen LogP contribution in [0.4, 0.5) is 5.69 Å². The lowest BCUT2D eigenvalue weighted by molar-refractivity contribution is 0.0952. The third-order valence-electron chi connectivity index (χ3n) is 3.95. The first-order chi connectivity index (χ1) is 9.25. The van der Waals surface area contributed by atoms with E-state index in [-0.39, 0.29) is 5.91 Å². The number of anilines is 1. The number of amides is 1. The minimum Gasteiger partial charge on any atom is -0.399 e. The summed E-state index contributed by atoms with van der Waals surface area (Å²) in [6, 6.07) is 7.12. The van der Waals surface area contributed by atoms with Crippen LogP contribution >= 0.6 is 0 Å². The molecule has 3 nitrogen and oxygen atoms in total. The van der Waals surface area contributed by atoms with Gasteiger partial charge in [-0.1, -0.05) is 38.2 Å². The van der Waals surface area contributed by atoms with Gasteiger partial charge in [-0.05, 0) is 37.0 Å². The predicted molar refractivity (Wildman–Crippen MR) is 79.0 cm³/mol. The number of carbonyl (C=O) groups excluding carboxylic acids is 1. The normalized spacial score (nSPS) is 16.2. The molecule has 0 radical (unpaired) electrons. The van der Waals surface area contributed by atoms with Gasteiger partial charge in [0.2, 0.25) is 0 Å². The first-order valence-electron chi connectivity index (χ1n) is 7.39. The summed E-state index contributed by atoms with van der Waals surface area (Å²) in [5.74, 6) is 0.869. The van der Waals surface area contributed by atoms with Gasteiger partial charge in [0, 0.05) is 17.8 Å². The molecule has 1 aliphatic carbocycles. The Morgan fingerprint density at radius 2 is 2.05 bits per heavy atom. The van der Waals surface area contributed by atoms with Gasteiger partial charge in [0.1, 0.15) is 0 Å². The molecule has 1 fully saturated rings. The second-order valence-electron chi connectivity index (χ2n) is 5.53. The van der Waals surface area contributed by atoms with Crippen molar-refractivity contribution in [1.29, 1.82) is 0 Å². The average Bonchev–Trinajstić information content (AvgIpc) is 2.44.